The van der Waals surface area contributed by atoms with Crippen LogP contribution in [-0.4, -0.2) is 21.5 Å². The molecule has 0 heterocycles. The molecule has 0 fully saturated rings. The van der Waals surface area contributed by atoms with Crippen molar-refractivity contribution in [1.82, 2.24) is 4.72 Å². The molecule has 0 amide bonds. The van der Waals surface area contributed by atoms with Crippen LogP contribution in [-0.2, 0) is 10.0 Å². The first kappa shape index (κ1) is 14.7. The summed E-state index contributed by atoms with van der Waals surface area (Å²) in [5.41, 5.74) is 1.55. The van der Waals surface area contributed by atoms with Crippen LogP contribution in [0, 0.1) is 0 Å². The Labute approximate surface area is 109 Å². The molecule has 0 aliphatic carbocycles. The smallest absolute Gasteiger partial charge is 0.242 e. The van der Waals surface area contributed by atoms with Gasteiger partial charge in [-0.3, -0.25) is 0 Å². The molecule has 0 bridgehead atoms. The molecular weight excluding hydrogens is 248 g/mol. The quantitative estimate of drug-likeness (QED) is 0.746. The number of anilines is 1. The first-order valence-corrected chi connectivity index (χ1v) is 7.42. The molecule has 0 saturated carbocycles. The summed E-state index contributed by atoms with van der Waals surface area (Å²) in [5.74, 6) is 0. The first-order valence-electron chi connectivity index (χ1n) is 5.94. The zero-order chi connectivity index (χ0) is 13.6. The summed E-state index contributed by atoms with van der Waals surface area (Å²) in [6.45, 7) is 8.59. The molecule has 4 nitrogen and oxygen atoms in total. The fraction of sp³-hybridized carbons (Fsp3) is 0.385. The number of hydrogen-bond donors (Lipinski definition) is 2. The van der Waals surface area contributed by atoms with Crippen LogP contribution < -0.4 is 10.0 Å². The minimum atomic E-state index is -3.44. The number of nitrogens with one attached hydrogen (secondary N) is 2. The van der Waals surface area contributed by atoms with Gasteiger partial charge in [-0.2, -0.15) is 0 Å². The minimum Gasteiger partial charge on any atom is -0.380 e. The lowest BCUT2D eigenvalue weighted by Crippen LogP contribution is -2.25. The van der Waals surface area contributed by atoms with Crippen LogP contribution in [0.1, 0.15) is 20.3 Å². The Balaban J connectivity index is 2.97. The second-order valence-corrected chi connectivity index (χ2v) is 5.94. The monoisotopic (exact) mass is 268 g/mol. The standard InChI is InChI=1S/C13H20N2O2S/c1-4-9-15-18(16,17)13-8-6-5-7-12(13)14-10-11(2)3/h5-8,14-15H,2,4,9-10H2,1,3H3. The zero-order valence-corrected chi connectivity index (χ0v) is 11.7. The van der Waals surface area contributed by atoms with E-state index < -0.39 is 10.0 Å². The Morgan fingerprint density at radius 3 is 2.61 bits per heavy atom. The molecular formula is C13H20N2O2S. The van der Waals surface area contributed by atoms with Crippen molar-refractivity contribution < 1.29 is 8.42 Å². The number of benzene rings is 1. The van der Waals surface area contributed by atoms with Crippen LogP contribution in [0.2, 0.25) is 0 Å². The van der Waals surface area contributed by atoms with E-state index in [1.165, 1.54) is 0 Å². The second-order valence-electron chi connectivity index (χ2n) is 4.20. The molecule has 0 atom stereocenters. The highest BCUT2D eigenvalue weighted by Gasteiger charge is 2.16. The van der Waals surface area contributed by atoms with E-state index in [1.807, 2.05) is 13.8 Å². The molecule has 0 aliphatic rings. The number of hydrogen-bond acceptors (Lipinski definition) is 3. The van der Waals surface area contributed by atoms with Crippen molar-refractivity contribution >= 4 is 15.7 Å². The van der Waals surface area contributed by atoms with Crippen molar-refractivity contribution in [1.29, 1.82) is 0 Å². The van der Waals surface area contributed by atoms with Crippen molar-refractivity contribution in [3.8, 4) is 0 Å². The van der Waals surface area contributed by atoms with Crippen LogP contribution in [0.15, 0.2) is 41.3 Å². The first-order chi connectivity index (χ1) is 8.47. The van der Waals surface area contributed by atoms with E-state index in [0.717, 1.165) is 12.0 Å². The molecule has 2 N–H and O–H groups in total. The highest BCUT2D eigenvalue weighted by Crippen LogP contribution is 2.20. The third-order valence-electron chi connectivity index (χ3n) is 2.30. The van der Waals surface area contributed by atoms with E-state index in [9.17, 15) is 8.42 Å². The van der Waals surface area contributed by atoms with Crippen molar-refractivity contribution in [2.75, 3.05) is 18.4 Å². The van der Waals surface area contributed by atoms with Crippen molar-refractivity contribution in [3.05, 3.63) is 36.4 Å². The Bertz CT molecular complexity index is 509. The average molecular weight is 268 g/mol. The predicted octanol–water partition coefficient (Wildman–Crippen LogP) is 2.36. The Hall–Kier alpha value is -1.33. The number of rotatable bonds is 7. The predicted molar refractivity (Wildman–Crippen MR) is 75.2 cm³/mol. The summed E-state index contributed by atoms with van der Waals surface area (Å²) in [7, 11) is -3.44. The summed E-state index contributed by atoms with van der Waals surface area (Å²) in [6.07, 6.45) is 0.764. The maximum Gasteiger partial charge on any atom is 0.242 e. The molecule has 0 saturated heterocycles. The number of para-hydroxylation sites is 1. The molecule has 0 spiro atoms. The Morgan fingerprint density at radius 1 is 1.33 bits per heavy atom. The van der Waals surface area contributed by atoms with E-state index >= 15 is 0 Å². The Morgan fingerprint density at radius 2 is 2.00 bits per heavy atom. The molecule has 5 heteroatoms. The van der Waals surface area contributed by atoms with Gasteiger partial charge in [0.05, 0.1) is 5.69 Å². The van der Waals surface area contributed by atoms with Crippen LogP contribution in [0.3, 0.4) is 0 Å². The van der Waals surface area contributed by atoms with Crippen molar-refractivity contribution in [3.63, 3.8) is 0 Å². The lowest BCUT2D eigenvalue weighted by molar-refractivity contribution is 0.581. The van der Waals surface area contributed by atoms with Gasteiger partial charge in [0.25, 0.3) is 0 Å². The van der Waals surface area contributed by atoms with Crippen LogP contribution in [0.4, 0.5) is 5.69 Å². The maximum atomic E-state index is 12.1. The summed E-state index contributed by atoms with van der Waals surface area (Å²) in [6, 6.07) is 6.87. The Kier molecular flexibility index (Phi) is 5.37. The third kappa shape index (κ3) is 4.16. The zero-order valence-electron chi connectivity index (χ0n) is 10.9. The maximum absolute atomic E-state index is 12.1. The summed E-state index contributed by atoms with van der Waals surface area (Å²) >= 11 is 0. The molecule has 18 heavy (non-hydrogen) atoms. The van der Waals surface area contributed by atoms with E-state index in [-0.39, 0.29) is 4.90 Å². The van der Waals surface area contributed by atoms with Crippen molar-refractivity contribution in [2.45, 2.75) is 25.2 Å². The summed E-state index contributed by atoms with van der Waals surface area (Å²) < 4.78 is 26.7. The topological polar surface area (TPSA) is 58.2 Å². The number of sulfonamides is 1. The minimum absolute atomic E-state index is 0.278. The van der Waals surface area contributed by atoms with Gasteiger partial charge >= 0.3 is 0 Å². The molecule has 100 valence electrons. The van der Waals surface area contributed by atoms with Gasteiger partial charge in [0, 0.05) is 13.1 Å². The van der Waals surface area contributed by atoms with E-state index in [4.69, 9.17) is 0 Å². The van der Waals surface area contributed by atoms with Gasteiger partial charge in [0.2, 0.25) is 10.0 Å². The normalized spacial score (nSPS) is 11.2. The lowest BCUT2D eigenvalue weighted by Gasteiger charge is -2.12. The lowest BCUT2D eigenvalue weighted by atomic mass is 10.3. The molecule has 0 unspecified atom stereocenters. The van der Waals surface area contributed by atoms with Gasteiger partial charge in [-0.15, -0.1) is 0 Å². The second kappa shape index (κ2) is 6.56. The van der Waals surface area contributed by atoms with Crippen molar-refractivity contribution in [2.24, 2.45) is 0 Å². The van der Waals surface area contributed by atoms with Crippen LogP contribution in [0.5, 0.6) is 0 Å². The highest BCUT2D eigenvalue weighted by atomic mass is 32.2. The third-order valence-corrected chi connectivity index (χ3v) is 3.82. The van der Waals surface area contributed by atoms with Gasteiger partial charge in [0.15, 0.2) is 0 Å². The molecule has 1 aromatic rings. The average Bonchev–Trinajstić information content (AvgIpc) is 2.34. The van der Waals surface area contributed by atoms with E-state index in [2.05, 4.69) is 16.6 Å². The molecule has 0 radical (unpaired) electrons. The fourth-order valence-corrected chi connectivity index (χ4v) is 2.72. The van der Waals surface area contributed by atoms with Crippen LogP contribution >= 0.6 is 0 Å². The SMILES string of the molecule is C=C(C)CNc1ccccc1S(=O)(=O)NCCC. The van der Waals surface area contributed by atoms with Gasteiger partial charge in [-0.05, 0) is 25.5 Å². The molecule has 1 aromatic carbocycles. The van der Waals surface area contributed by atoms with Crippen LogP contribution in [0.25, 0.3) is 0 Å². The molecule has 0 aliphatic heterocycles. The van der Waals surface area contributed by atoms with Gasteiger partial charge in [0.1, 0.15) is 4.90 Å². The fourth-order valence-electron chi connectivity index (χ4n) is 1.41. The summed E-state index contributed by atoms with van der Waals surface area (Å²) in [4.78, 5) is 0.278. The van der Waals surface area contributed by atoms with Gasteiger partial charge < -0.3 is 5.32 Å². The van der Waals surface area contributed by atoms with E-state index in [1.54, 1.807) is 24.3 Å². The highest BCUT2D eigenvalue weighted by molar-refractivity contribution is 7.89. The van der Waals surface area contributed by atoms with E-state index in [0.29, 0.717) is 18.8 Å². The summed E-state index contributed by atoms with van der Waals surface area (Å²) in [5, 5.41) is 3.08. The molecule has 0 aromatic heterocycles. The van der Waals surface area contributed by atoms with Gasteiger partial charge in [-0.25, -0.2) is 13.1 Å². The molecule has 1 rings (SSSR count). The van der Waals surface area contributed by atoms with Gasteiger partial charge in [-0.1, -0.05) is 31.2 Å². The largest absolute Gasteiger partial charge is 0.380 e.